The molecular weight excluding hydrogens is 375 g/mol. The van der Waals surface area contributed by atoms with Gasteiger partial charge < -0.3 is 5.73 Å². The Morgan fingerprint density at radius 1 is 1.05 bits per heavy atom. The van der Waals surface area contributed by atoms with Gasteiger partial charge in [0.05, 0.1) is 11.1 Å². The molecule has 0 aromatic heterocycles. The van der Waals surface area contributed by atoms with Crippen LogP contribution < -0.4 is 5.73 Å². The summed E-state index contributed by atoms with van der Waals surface area (Å²) >= 11 is 21.2. The van der Waals surface area contributed by atoms with Crippen molar-refractivity contribution in [1.29, 1.82) is 0 Å². The second-order valence-electron chi connectivity index (χ2n) is 3.90. The lowest BCUT2D eigenvalue weighted by Crippen LogP contribution is -2.15. The van der Waals surface area contributed by atoms with Gasteiger partial charge in [0, 0.05) is 25.6 Å². The molecule has 0 amide bonds. The van der Waals surface area contributed by atoms with Crippen LogP contribution in [0.5, 0.6) is 0 Å². The lowest BCUT2D eigenvalue weighted by atomic mass is 9.99. The molecule has 0 aliphatic carbocycles. The molecule has 2 aromatic carbocycles. The fraction of sp³-hybridized carbons (Fsp3) is 0.0769. The van der Waals surface area contributed by atoms with Gasteiger partial charge in [-0.05, 0) is 40.2 Å². The van der Waals surface area contributed by atoms with Crippen molar-refractivity contribution in [2.24, 2.45) is 5.73 Å². The maximum absolute atomic E-state index is 14.0. The summed E-state index contributed by atoms with van der Waals surface area (Å²) in [5.74, 6) is -0.472. The highest BCUT2D eigenvalue weighted by Gasteiger charge is 2.20. The Balaban J connectivity index is 2.56. The number of rotatable bonds is 2. The molecule has 2 aromatic rings. The van der Waals surface area contributed by atoms with E-state index in [9.17, 15) is 4.39 Å². The van der Waals surface area contributed by atoms with E-state index in [1.807, 2.05) is 0 Å². The Morgan fingerprint density at radius 2 is 1.63 bits per heavy atom. The SMILES string of the molecule is NC(c1cc(Cl)c(Br)cc1F)c1c(Cl)cccc1Cl. The zero-order valence-electron chi connectivity index (χ0n) is 9.43. The zero-order valence-corrected chi connectivity index (χ0v) is 13.3. The number of nitrogens with two attached hydrogens (primary N) is 1. The fourth-order valence-electron chi connectivity index (χ4n) is 1.74. The van der Waals surface area contributed by atoms with Crippen molar-refractivity contribution >= 4 is 50.7 Å². The highest BCUT2D eigenvalue weighted by Crippen LogP contribution is 2.36. The van der Waals surface area contributed by atoms with Gasteiger partial charge in [-0.15, -0.1) is 0 Å². The number of hydrogen-bond acceptors (Lipinski definition) is 1. The minimum atomic E-state index is -0.785. The van der Waals surface area contributed by atoms with Crippen LogP contribution in [-0.4, -0.2) is 0 Å². The second kappa shape index (κ2) is 5.98. The third kappa shape index (κ3) is 3.06. The summed E-state index contributed by atoms with van der Waals surface area (Å²) in [5, 5.41) is 1.15. The summed E-state index contributed by atoms with van der Waals surface area (Å²) in [6.07, 6.45) is 0. The molecule has 0 saturated heterocycles. The van der Waals surface area contributed by atoms with Gasteiger partial charge in [-0.3, -0.25) is 0 Å². The van der Waals surface area contributed by atoms with Gasteiger partial charge in [0.25, 0.3) is 0 Å². The van der Waals surface area contributed by atoms with Crippen molar-refractivity contribution in [2.75, 3.05) is 0 Å². The molecule has 1 atom stereocenters. The monoisotopic (exact) mass is 381 g/mol. The first kappa shape index (κ1) is 15.1. The summed E-state index contributed by atoms with van der Waals surface area (Å²) in [5.41, 5.74) is 6.77. The summed E-state index contributed by atoms with van der Waals surface area (Å²) in [7, 11) is 0. The van der Waals surface area contributed by atoms with Gasteiger partial charge in [0.1, 0.15) is 5.82 Å². The molecule has 2 N–H and O–H groups in total. The van der Waals surface area contributed by atoms with Crippen LogP contribution in [0.4, 0.5) is 4.39 Å². The number of benzene rings is 2. The van der Waals surface area contributed by atoms with Crippen LogP contribution in [0.15, 0.2) is 34.8 Å². The van der Waals surface area contributed by atoms with Crippen LogP contribution in [0.2, 0.25) is 15.1 Å². The van der Waals surface area contributed by atoms with E-state index in [1.54, 1.807) is 18.2 Å². The molecule has 0 fully saturated rings. The average Bonchev–Trinajstić information content (AvgIpc) is 2.33. The molecule has 0 aliphatic rings. The molecular formula is C13H8BrCl3FN. The van der Waals surface area contributed by atoms with Gasteiger partial charge in [-0.1, -0.05) is 40.9 Å². The number of hydrogen-bond donors (Lipinski definition) is 1. The summed E-state index contributed by atoms with van der Waals surface area (Å²) in [6, 6.07) is 6.95. The largest absolute Gasteiger partial charge is 0.320 e. The predicted octanol–water partition coefficient (Wildman–Crippen LogP) is 5.60. The molecule has 1 nitrogen and oxygen atoms in total. The molecule has 0 saturated carbocycles. The van der Waals surface area contributed by atoms with Gasteiger partial charge >= 0.3 is 0 Å². The van der Waals surface area contributed by atoms with E-state index in [0.717, 1.165) is 0 Å². The Bertz CT molecular complexity index is 613. The first-order chi connectivity index (χ1) is 8.91. The first-order valence-electron chi connectivity index (χ1n) is 5.25. The van der Waals surface area contributed by atoms with Crippen LogP contribution in [0, 0.1) is 5.82 Å². The van der Waals surface area contributed by atoms with Crippen LogP contribution in [0.3, 0.4) is 0 Å². The highest BCUT2D eigenvalue weighted by atomic mass is 79.9. The van der Waals surface area contributed by atoms with Gasteiger partial charge in [-0.2, -0.15) is 0 Å². The minimum Gasteiger partial charge on any atom is -0.320 e. The molecule has 0 bridgehead atoms. The molecule has 0 spiro atoms. The van der Waals surface area contributed by atoms with E-state index in [1.165, 1.54) is 12.1 Å². The van der Waals surface area contributed by atoms with Crippen LogP contribution in [-0.2, 0) is 0 Å². The Hall–Kier alpha value is -0.320. The molecule has 1 unspecified atom stereocenters. The van der Waals surface area contributed by atoms with Crippen molar-refractivity contribution < 1.29 is 4.39 Å². The van der Waals surface area contributed by atoms with Crippen molar-refractivity contribution in [3.8, 4) is 0 Å². The first-order valence-corrected chi connectivity index (χ1v) is 7.18. The average molecular weight is 383 g/mol. The second-order valence-corrected chi connectivity index (χ2v) is 5.98. The minimum absolute atomic E-state index is 0.239. The molecule has 100 valence electrons. The fourth-order valence-corrected chi connectivity index (χ4v) is 2.86. The predicted molar refractivity (Wildman–Crippen MR) is 81.6 cm³/mol. The summed E-state index contributed by atoms with van der Waals surface area (Å²) in [4.78, 5) is 0. The summed E-state index contributed by atoms with van der Waals surface area (Å²) in [6.45, 7) is 0. The van der Waals surface area contributed by atoms with Crippen molar-refractivity contribution in [3.63, 3.8) is 0 Å². The molecule has 0 radical (unpaired) electrons. The van der Waals surface area contributed by atoms with Crippen LogP contribution in [0.25, 0.3) is 0 Å². The molecule has 0 heterocycles. The van der Waals surface area contributed by atoms with E-state index < -0.39 is 11.9 Å². The normalized spacial score (nSPS) is 12.5. The lowest BCUT2D eigenvalue weighted by Gasteiger charge is -2.17. The van der Waals surface area contributed by atoms with Crippen molar-refractivity contribution in [2.45, 2.75) is 6.04 Å². The van der Waals surface area contributed by atoms with E-state index >= 15 is 0 Å². The number of halogens is 5. The third-order valence-electron chi connectivity index (χ3n) is 2.69. The Labute approximate surface area is 133 Å². The Morgan fingerprint density at radius 3 is 2.21 bits per heavy atom. The quantitative estimate of drug-likeness (QED) is 0.672. The van der Waals surface area contributed by atoms with Crippen LogP contribution in [0.1, 0.15) is 17.2 Å². The van der Waals surface area contributed by atoms with Crippen molar-refractivity contribution in [3.05, 3.63) is 66.8 Å². The maximum atomic E-state index is 14.0. The Kier molecular flexibility index (Phi) is 4.75. The maximum Gasteiger partial charge on any atom is 0.129 e. The van der Waals surface area contributed by atoms with Crippen molar-refractivity contribution in [1.82, 2.24) is 0 Å². The van der Waals surface area contributed by atoms with Gasteiger partial charge in [0.15, 0.2) is 0 Å². The molecule has 19 heavy (non-hydrogen) atoms. The standard InChI is InChI=1S/C13H8BrCl3FN/c14-7-5-11(18)6(4-10(7)17)13(19)12-8(15)2-1-3-9(12)16/h1-5,13H,19H2. The van der Waals surface area contributed by atoms with E-state index in [4.69, 9.17) is 40.5 Å². The molecule has 0 aliphatic heterocycles. The topological polar surface area (TPSA) is 26.0 Å². The molecule has 2 rings (SSSR count). The molecule has 6 heteroatoms. The van der Waals surface area contributed by atoms with Crippen LogP contribution >= 0.6 is 50.7 Å². The smallest absolute Gasteiger partial charge is 0.129 e. The lowest BCUT2D eigenvalue weighted by molar-refractivity contribution is 0.599. The van der Waals surface area contributed by atoms with E-state index in [2.05, 4.69) is 15.9 Å². The zero-order chi connectivity index (χ0) is 14.2. The van der Waals surface area contributed by atoms with E-state index in [0.29, 0.717) is 25.1 Å². The highest BCUT2D eigenvalue weighted by molar-refractivity contribution is 9.10. The third-order valence-corrected chi connectivity index (χ3v) is 4.54. The van der Waals surface area contributed by atoms with Gasteiger partial charge in [-0.25, -0.2) is 4.39 Å². The van der Waals surface area contributed by atoms with Gasteiger partial charge in [0.2, 0.25) is 0 Å². The van der Waals surface area contributed by atoms with E-state index in [-0.39, 0.29) is 5.56 Å². The summed E-state index contributed by atoms with van der Waals surface area (Å²) < 4.78 is 14.4.